The number of likely N-dealkylation sites (N-methyl/N-ethyl adjacent to an activating group) is 1. The number of nitrogens with zero attached hydrogens (tertiary/aromatic N) is 1. The molecule has 1 aromatic carbocycles. The fraction of sp³-hybridized carbons (Fsp3) is 0.417. The Morgan fingerprint density at radius 2 is 2.24 bits per heavy atom. The summed E-state index contributed by atoms with van der Waals surface area (Å²) in [6.45, 7) is 2.39. The van der Waals surface area contributed by atoms with Gasteiger partial charge in [-0.2, -0.15) is 0 Å². The summed E-state index contributed by atoms with van der Waals surface area (Å²) in [4.78, 5) is 13.1. The zero-order valence-electron chi connectivity index (χ0n) is 9.98. The van der Waals surface area contributed by atoms with Crippen LogP contribution in [0.25, 0.3) is 0 Å². The summed E-state index contributed by atoms with van der Waals surface area (Å²) in [5, 5.41) is 9.37. The summed E-state index contributed by atoms with van der Waals surface area (Å²) >= 11 is 3.39. The SMILES string of the molecule is Cc1ccc(Br)cc1CN(C)C(=O)C(O)CN. The summed E-state index contributed by atoms with van der Waals surface area (Å²) < 4.78 is 0.971. The molecule has 1 aromatic rings. The van der Waals surface area contributed by atoms with E-state index in [0.29, 0.717) is 6.54 Å². The molecule has 0 spiro atoms. The Labute approximate surface area is 110 Å². The lowest BCUT2D eigenvalue weighted by atomic mass is 10.1. The Bertz CT molecular complexity index is 409. The molecule has 1 unspecified atom stereocenters. The number of benzene rings is 1. The number of amides is 1. The number of carbonyl (C=O) groups is 1. The van der Waals surface area contributed by atoms with Crippen LogP contribution in [0.15, 0.2) is 22.7 Å². The summed E-state index contributed by atoms with van der Waals surface area (Å²) in [5.41, 5.74) is 7.40. The van der Waals surface area contributed by atoms with E-state index in [0.717, 1.165) is 15.6 Å². The van der Waals surface area contributed by atoms with Crippen LogP contribution in [0.4, 0.5) is 0 Å². The fourth-order valence-electron chi connectivity index (χ4n) is 1.50. The number of hydrogen-bond acceptors (Lipinski definition) is 3. The van der Waals surface area contributed by atoms with Crippen LogP contribution in [0.2, 0.25) is 0 Å². The van der Waals surface area contributed by atoms with Crippen LogP contribution in [0, 0.1) is 6.92 Å². The van der Waals surface area contributed by atoms with Gasteiger partial charge in [-0.15, -0.1) is 0 Å². The van der Waals surface area contributed by atoms with E-state index in [2.05, 4.69) is 15.9 Å². The highest BCUT2D eigenvalue weighted by Crippen LogP contribution is 2.17. The number of carbonyl (C=O) groups excluding carboxylic acids is 1. The number of aliphatic hydroxyl groups excluding tert-OH is 1. The predicted molar refractivity (Wildman–Crippen MR) is 70.4 cm³/mol. The highest BCUT2D eigenvalue weighted by Gasteiger charge is 2.18. The molecule has 0 heterocycles. The Morgan fingerprint density at radius 3 is 2.82 bits per heavy atom. The van der Waals surface area contributed by atoms with Gasteiger partial charge in [-0.25, -0.2) is 0 Å². The van der Waals surface area contributed by atoms with E-state index in [-0.39, 0.29) is 12.5 Å². The van der Waals surface area contributed by atoms with Crippen molar-refractivity contribution < 1.29 is 9.90 Å². The molecule has 0 aromatic heterocycles. The topological polar surface area (TPSA) is 66.6 Å². The summed E-state index contributed by atoms with van der Waals surface area (Å²) in [6.07, 6.45) is -1.12. The second-order valence-electron chi connectivity index (χ2n) is 4.02. The first-order valence-corrected chi connectivity index (χ1v) is 6.13. The molecule has 17 heavy (non-hydrogen) atoms. The molecule has 0 saturated carbocycles. The van der Waals surface area contributed by atoms with Crippen molar-refractivity contribution in [1.82, 2.24) is 4.90 Å². The number of aryl methyl sites for hydroxylation is 1. The van der Waals surface area contributed by atoms with Gasteiger partial charge >= 0.3 is 0 Å². The molecule has 0 saturated heterocycles. The van der Waals surface area contributed by atoms with Crippen molar-refractivity contribution >= 4 is 21.8 Å². The highest BCUT2D eigenvalue weighted by molar-refractivity contribution is 9.10. The molecule has 5 heteroatoms. The van der Waals surface area contributed by atoms with Crippen molar-refractivity contribution in [2.75, 3.05) is 13.6 Å². The Hall–Kier alpha value is -0.910. The van der Waals surface area contributed by atoms with Crippen LogP contribution in [-0.4, -0.2) is 35.6 Å². The first-order valence-electron chi connectivity index (χ1n) is 5.34. The van der Waals surface area contributed by atoms with Crippen molar-refractivity contribution in [3.8, 4) is 0 Å². The molecule has 1 amide bonds. The van der Waals surface area contributed by atoms with Gasteiger partial charge in [-0.05, 0) is 30.2 Å². The zero-order valence-corrected chi connectivity index (χ0v) is 11.6. The molecule has 3 N–H and O–H groups in total. The van der Waals surface area contributed by atoms with Crippen molar-refractivity contribution in [2.45, 2.75) is 19.6 Å². The van der Waals surface area contributed by atoms with Crippen LogP contribution in [-0.2, 0) is 11.3 Å². The van der Waals surface area contributed by atoms with Gasteiger partial charge in [-0.3, -0.25) is 4.79 Å². The second-order valence-corrected chi connectivity index (χ2v) is 4.93. The zero-order chi connectivity index (χ0) is 13.0. The quantitative estimate of drug-likeness (QED) is 0.873. The van der Waals surface area contributed by atoms with E-state index in [1.54, 1.807) is 7.05 Å². The molecule has 0 fully saturated rings. The van der Waals surface area contributed by atoms with Crippen LogP contribution < -0.4 is 5.73 Å². The van der Waals surface area contributed by atoms with Crippen molar-refractivity contribution in [3.05, 3.63) is 33.8 Å². The van der Waals surface area contributed by atoms with Gasteiger partial charge in [0.05, 0.1) is 0 Å². The van der Waals surface area contributed by atoms with Crippen LogP contribution in [0.3, 0.4) is 0 Å². The number of nitrogens with two attached hydrogens (primary N) is 1. The molecule has 94 valence electrons. The largest absolute Gasteiger partial charge is 0.382 e. The number of aliphatic hydroxyl groups is 1. The summed E-state index contributed by atoms with van der Waals surface area (Å²) in [7, 11) is 1.65. The summed E-state index contributed by atoms with van der Waals surface area (Å²) in [5.74, 6) is -0.355. The molecule has 0 aliphatic heterocycles. The first kappa shape index (κ1) is 14.2. The summed E-state index contributed by atoms with van der Waals surface area (Å²) in [6, 6.07) is 5.90. The lowest BCUT2D eigenvalue weighted by molar-refractivity contribution is -0.138. The molecule has 4 nitrogen and oxygen atoms in total. The molecule has 1 rings (SSSR count). The third-order valence-corrected chi connectivity index (χ3v) is 3.10. The minimum atomic E-state index is -1.12. The number of rotatable bonds is 4. The van der Waals surface area contributed by atoms with Crippen molar-refractivity contribution in [3.63, 3.8) is 0 Å². The standard InChI is InChI=1S/C12H17BrN2O2/c1-8-3-4-10(13)5-9(8)7-15(2)12(17)11(16)6-14/h3-5,11,16H,6-7,14H2,1-2H3. The highest BCUT2D eigenvalue weighted by atomic mass is 79.9. The van der Waals surface area contributed by atoms with Crippen molar-refractivity contribution in [2.24, 2.45) is 5.73 Å². The van der Waals surface area contributed by atoms with E-state index < -0.39 is 6.10 Å². The third-order valence-electron chi connectivity index (χ3n) is 2.60. The molecule has 0 aliphatic carbocycles. The fourth-order valence-corrected chi connectivity index (χ4v) is 1.91. The van der Waals surface area contributed by atoms with Crippen molar-refractivity contribution in [1.29, 1.82) is 0 Å². The van der Waals surface area contributed by atoms with Gasteiger partial charge in [0.25, 0.3) is 5.91 Å². The number of halogens is 1. The second kappa shape index (κ2) is 6.14. The normalized spacial score (nSPS) is 12.3. The molecular weight excluding hydrogens is 284 g/mol. The molecular formula is C12H17BrN2O2. The third kappa shape index (κ3) is 3.80. The molecule has 0 radical (unpaired) electrons. The van der Waals surface area contributed by atoms with Gasteiger partial charge in [0.15, 0.2) is 0 Å². The average Bonchev–Trinajstić information content (AvgIpc) is 2.31. The Kier molecular flexibility index (Phi) is 5.11. The van der Waals surface area contributed by atoms with E-state index in [1.165, 1.54) is 4.90 Å². The van der Waals surface area contributed by atoms with Gasteiger partial charge in [0.2, 0.25) is 0 Å². The lowest BCUT2D eigenvalue weighted by Crippen LogP contribution is -2.40. The Balaban J connectivity index is 2.77. The average molecular weight is 301 g/mol. The Morgan fingerprint density at radius 1 is 1.59 bits per heavy atom. The van der Waals surface area contributed by atoms with E-state index in [4.69, 9.17) is 5.73 Å². The van der Waals surface area contributed by atoms with Crippen LogP contribution >= 0.6 is 15.9 Å². The predicted octanol–water partition coefficient (Wildman–Crippen LogP) is 1.04. The van der Waals surface area contributed by atoms with Crippen LogP contribution in [0.5, 0.6) is 0 Å². The van der Waals surface area contributed by atoms with Crippen LogP contribution in [0.1, 0.15) is 11.1 Å². The van der Waals surface area contributed by atoms with Gasteiger partial charge in [0.1, 0.15) is 6.10 Å². The molecule has 0 aliphatic rings. The maximum absolute atomic E-state index is 11.7. The minimum Gasteiger partial charge on any atom is -0.382 e. The van der Waals surface area contributed by atoms with Gasteiger partial charge < -0.3 is 15.7 Å². The maximum atomic E-state index is 11.7. The first-order chi connectivity index (χ1) is 7.95. The monoisotopic (exact) mass is 300 g/mol. The van der Waals surface area contributed by atoms with E-state index >= 15 is 0 Å². The van der Waals surface area contributed by atoms with E-state index in [1.807, 2.05) is 25.1 Å². The van der Waals surface area contributed by atoms with Gasteiger partial charge in [0, 0.05) is 24.6 Å². The molecule has 1 atom stereocenters. The lowest BCUT2D eigenvalue weighted by Gasteiger charge is -2.21. The van der Waals surface area contributed by atoms with E-state index in [9.17, 15) is 9.90 Å². The van der Waals surface area contributed by atoms with Gasteiger partial charge in [-0.1, -0.05) is 22.0 Å². The minimum absolute atomic E-state index is 0.0549. The smallest absolute Gasteiger partial charge is 0.252 e. The number of hydrogen-bond donors (Lipinski definition) is 2. The molecule has 0 bridgehead atoms. The maximum Gasteiger partial charge on any atom is 0.252 e.